The fourth-order valence-corrected chi connectivity index (χ4v) is 4.62. The highest BCUT2D eigenvalue weighted by Gasteiger charge is 2.17. The summed E-state index contributed by atoms with van der Waals surface area (Å²) in [6.45, 7) is 2.05. The number of furan rings is 1. The van der Waals surface area contributed by atoms with E-state index >= 15 is 0 Å². The van der Waals surface area contributed by atoms with Crippen LogP contribution in [0.4, 0.5) is 0 Å². The average Bonchev–Trinajstić information content (AvgIpc) is 3.30. The van der Waals surface area contributed by atoms with Crippen molar-refractivity contribution >= 4 is 44.9 Å². The van der Waals surface area contributed by atoms with Crippen LogP contribution in [0.2, 0.25) is 5.02 Å². The van der Waals surface area contributed by atoms with Crippen molar-refractivity contribution in [3.8, 4) is 11.3 Å². The second-order valence-electron chi connectivity index (χ2n) is 5.84. The van der Waals surface area contributed by atoms with E-state index in [4.69, 9.17) is 16.0 Å². The second kappa shape index (κ2) is 7.31. The van der Waals surface area contributed by atoms with Crippen LogP contribution in [0.1, 0.15) is 23.6 Å². The number of nitrogens with zero attached hydrogens (tertiary/aromatic N) is 1. The van der Waals surface area contributed by atoms with Crippen LogP contribution < -0.4 is 5.56 Å². The van der Waals surface area contributed by atoms with Crippen molar-refractivity contribution < 1.29 is 4.42 Å². The number of hydrogen-bond acceptors (Lipinski definition) is 5. The van der Waals surface area contributed by atoms with Gasteiger partial charge in [-0.1, -0.05) is 23.7 Å². The van der Waals surface area contributed by atoms with Gasteiger partial charge >= 0.3 is 0 Å². The molecule has 0 spiro atoms. The third-order valence-electron chi connectivity index (χ3n) is 4.05. The Bertz CT molecular complexity index is 1090. The Morgan fingerprint density at radius 2 is 2.12 bits per heavy atom. The quantitative estimate of drug-likeness (QED) is 0.452. The summed E-state index contributed by atoms with van der Waals surface area (Å²) in [5.74, 6) is 2.19. The lowest BCUT2D eigenvalue weighted by atomic mass is 10.2. The Hall–Kier alpha value is -2.02. The molecule has 0 bridgehead atoms. The lowest BCUT2D eigenvalue weighted by molar-refractivity contribution is 0.583. The highest BCUT2D eigenvalue weighted by molar-refractivity contribution is 7.98. The first-order valence-corrected chi connectivity index (χ1v) is 10.3. The summed E-state index contributed by atoms with van der Waals surface area (Å²) >= 11 is 9.10. The SMILES string of the molecule is CC(SCc1ccc(Cl)cc1)c1nc2scc(-c3ccco3)c2c(=O)[nH]1. The molecule has 7 heteroatoms. The Morgan fingerprint density at radius 1 is 1.31 bits per heavy atom. The van der Waals surface area contributed by atoms with E-state index in [-0.39, 0.29) is 10.8 Å². The predicted molar refractivity (Wildman–Crippen MR) is 109 cm³/mol. The third kappa shape index (κ3) is 3.45. The van der Waals surface area contributed by atoms with Crippen molar-refractivity contribution in [3.63, 3.8) is 0 Å². The molecule has 4 aromatic rings. The molecule has 0 radical (unpaired) electrons. The lowest BCUT2D eigenvalue weighted by Crippen LogP contribution is -2.12. The molecule has 1 aromatic carbocycles. The van der Waals surface area contributed by atoms with Gasteiger partial charge in [0.15, 0.2) is 0 Å². The highest BCUT2D eigenvalue weighted by atomic mass is 35.5. The number of thioether (sulfide) groups is 1. The first-order valence-electron chi connectivity index (χ1n) is 8.03. The Balaban J connectivity index is 1.59. The van der Waals surface area contributed by atoms with Crippen molar-refractivity contribution in [2.45, 2.75) is 17.9 Å². The minimum atomic E-state index is -0.128. The number of aromatic amines is 1. The first-order chi connectivity index (χ1) is 12.6. The molecule has 0 saturated heterocycles. The van der Waals surface area contributed by atoms with E-state index in [0.29, 0.717) is 17.0 Å². The molecule has 3 aromatic heterocycles. The van der Waals surface area contributed by atoms with E-state index in [1.807, 2.05) is 48.7 Å². The van der Waals surface area contributed by atoms with Crippen molar-refractivity contribution in [1.29, 1.82) is 0 Å². The predicted octanol–water partition coefficient (Wildman–Crippen LogP) is 5.89. The molecule has 1 unspecified atom stereocenters. The molecule has 4 rings (SSSR count). The van der Waals surface area contributed by atoms with Crippen LogP contribution in [0.25, 0.3) is 21.5 Å². The summed E-state index contributed by atoms with van der Waals surface area (Å²) in [5, 5.41) is 3.30. The maximum absolute atomic E-state index is 12.6. The number of rotatable bonds is 5. The summed E-state index contributed by atoms with van der Waals surface area (Å²) in [4.78, 5) is 21.0. The Kier molecular flexibility index (Phi) is 4.89. The van der Waals surface area contributed by atoms with Gasteiger partial charge in [0.2, 0.25) is 0 Å². The summed E-state index contributed by atoms with van der Waals surface area (Å²) in [7, 11) is 0. The number of hydrogen-bond donors (Lipinski definition) is 1. The zero-order valence-corrected chi connectivity index (χ0v) is 16.3. The fraction of sp³-hybridized carbons (Fsp3) is 0.158. The van der Waals surface area contributed by atoms with Gasteiger partial charge in [0.1, 0.15) is 16.4 Å². The monoisotopic (exact) mass is 402 g/mol. The standard InChI is InChI=1S/C19H15ClN2O2S2/c1-11(25-9-12-4-6-13(20)7-5-12)17-21-18(23)16-14(10-26-19(16)22-17)15-3-2-8-24-15/h2-8,10-11H,9H2,1H3,(H,21,22,23). The van der Waals surface area contributed by atoms with E-state index in [2.05, 4.69) is 9.97 Å². The number of thiophene rings is 1. The maximum Gasteiger partial charge on any atom is 0.260 e. The Morgan fingerprint density at radius 3 is 2.85 bits per heavy atom. The third-order valence-corrected chi connectivity index (χ3v) is 6.39. The summed E-state index contributed by atoms with van der Waals surface area (Å²) in [5.41, 5.74) is 1.85. The van der Waals surface area contributed by atoms with Crippen LogP contribution in [0.5, 0.6) is 0 Å². The first kappa shape index (κ1) is 17.4. The van der Waals surface area contributed by atoms with E-state index in [1.54, 1.807) is 18.0 Å². The fourth-order valence-electron chi connectivity index (χ4n) is 2.65. The van der Waals surface area contributed by atoms with Crippen LogP contribution >= 0.6 is 34.7 Å². The molecule has 26 heavy (non-hydrogen) atoms. The molecule has 4 nitrogen and oxygen atoms in total. The van der Waals surface area contributed by atoms with Gasteiger partial charge in [-0.15, -0.1) is 23.1 Å². The molecule has 0 fully saturated rings. The molecule has 3 heterocycles. The topological polar surface area (TPSA) is 58.9 Å². The molecule has 0 aliphatic heterocycles. The smallest absolute Gasteiger partial charge is 0.260 e. The zero-order chi connectivity index (χ0) is 18.1. The van der Waals surface area contributed by atoms with Crippen LogP contribution in [0, 0.1) is 0 Å². The number of aromatic nitrogens is 2. The van der Waals surface area contributed by atoms with Gasteiger partial charge in [0.05, 0.1) is 16.9 Å². The summed E-state index contributed by atoms with van der Waals surface area (Å²) in [6.07, 6.45) is 1.60. The number of benzene rings is 1. The van der Waals surface area contributed by atoms with E-state index < -0.39 is 0 Å². The van der Waals surface area contributed by atoms with Crippen molar-refractivity contribution in [3.05, 3.63) is 74.8 Å². The van der Waals surface area contributed by atoms with E-state index in [9.17, 15) is 4.79 Å². The maximum atomic E-state index is 12.6. The molecule has 0 amide bonds. The van der Waals surface area contributed by atoms with Crippen LogP contribution in [-0.4, -0.2) is 9.97 Å². The normalized spacial score (nSPS) is 12.5. The minimum absolute atomic E-state index is 0.0666. The molecule has 1 N–H and O–H groups in total. The van der Waals surface area contributed by atoms with E-state index in [1.165, 1.54) is 16.9 Å². The molecule has 132 valence electrons. The molecular formula is C19H15ClN2O2S2. The minimum Gasteiger partial charge on any atom is -0.464 e. The van der Waals surface area contributed by atoms with Crippen LogP contribution in [0.15, 0.2) is 57.3 Å². The molecule has 0 aliphatic rings. The second-order valence-corrected chi connectivity index (χ2v) is 8.46. The largest absolute Gasteiger partial charge is 0.464 e. The Labute approximate surface area is 163 Å². The van der Waals surface area contributed by atoms with Crippen LogP contribution in [-0.2, 0) is 5.75 Å². The average molecular weight is 403 g/mol. The van der Waals surface area contributed by atoms with Crippen molar-refractivity contribution in [2.75, 3.05) is 0 Å². The van der Waals surface area contributed by atoms with Gasteiger partial charge in [-0.3, -0.25) is 4.79 Å². The molecule has 1 atom stereocenters. The number of fused-ring (bicyclic) bond motifs is 1. The van der Waals surface area contributed by atoms with Gasteiger partial charge in [-0.25, -0.2) is 4.98 Å². The van der Waals surface area contributed by atoms with Crippen molar-refractivity contribution in [2.24, 2.45) is 0 Å². The molecule has 0 saturated carbocycles. The van der Waals surface area contributed by atoms with Gasteiger partial charge in [-0.2, -0.15) is 0 Å². The molecule has 0 aliphatic carbocycles. The molecular weight excluding hydrogens is 388 g/mol. The summed E-state index contributed by atoms with van der Waals surface area (Å²) in [6, 6.07) is 11.4. The highest BCUT2D eigenvalue weighted by Crippen LogP contribution is 2.33. The number of nitrogens with one attached hydrogen (secondary N) is 1. The van der Waals surface area contributed by atoms with Gasteiger partial charge < -0.3 is 9.40 Å². The van der Waals surface area contributed by atoms with Crippen molar-refractivity contribution in [1.82, 2.24) is 9.97 Å². The van der Waals surface area contributed by atoms with Crippen LogP contribution in [0.3, 0.4) is 0 Å². The van der Waals surface area contributed by atoms with Gasteiger partial charge in [0.25, 0.3) is 5.56 Å². The summed E-state index contributed by atoms with van der Waals surface area (Å²) < 4.78 is 5.43. The van der Waals surface area contributed by atoms with E-state index in [0.717, 1.165) is 21.2 Å². The number of halogens is 1. The van der Waals surface area contributed by atoms with Gasteiger partial charge in [0, 0.05) is 21.7 Å². The lowest BCUT2D eigenvalue weighted by Gasteiger charge is -2.10. The van der Waals surface area contributed by atoms with Gasteiger partial charge in [-0.05, 0) is 36.8 Å². The number of H-pyrrole nitrogens is 1. The zero-order valence-electron chi connectivity index (χ0n) is 13.9.